The lowest BCUT2D eigenvalue weighted by Crippen LogP contribution is -2.56. The molecule has 3 N–H and O–H groups in total. The Morgan fingerprint density at radius 3 is 2.80 bits per heavy atom. The lowest BCUT2D eigenvalue weighted by Gasteiger charge is -2.38. The second-order valence-corrected chi connectivity index (χ2v) is 4.65. The zero-order valence-corrected chi connectivity index (χ0v) is 10.2. The minimum absolute atomic E-state index is 0.232. The van der Waals surface area contributed by atoms with E-state index in [1.165, 1.54) is 6.42 Å². The molecule has 4 heteroatoms. The number of hydrogen-bond acceptors (Lipinski definition) is 4. The molecule has 1 aliphatic heterocycles. The van der Waals surface area contributed by atoms with Gasteiger partial charge >= 0.3 is 0 Å². The summed E-state index contributed by atoms with van der Waals surface area (Å²) in [4.78, 5) is 2.46. The molecule has 0 radical (unpaired) electrons. The van der Waals surface area contributed by atoms with E-state index in [0.29, 0.717) is 5.92 Å². The topological polar surface area (TPSA) is 50.5 Å². The van der Waals surface area contributed by atoms with Gasteiger partial charge in [-0.1, -0.05) is 20.8 Å². The maximum Gasteiger partial charge on any atom is 0.0871 e. The zero-order valence-electron chi connectivity index (χ0n) is 10.2. The van der Waals surface area contributed by atoms with Crippen molar-refractivity contribution in [3.05, 3.63) is 0 Å². The first-order valence-corrected chi connectivity index (χ1v) is 5.99. The number of nitrogens with two attached hydrogens (primary N) is 1. The van der Waals surface area contributed by atoms with Gasteiger partial charge < -0.3 is 4.74 Å². The summed E-state index contributed by atoms with van der Waals surface area (Å²) in [6.07, 6.45) is 1.44. The fourth-order valence-electron chi connectivity index (χ4n) is 2.20. The van der Waals surface area contributed by atoms with Crippen molar-refractivity contribution in [3.8, 4) is 0 Å². The van der Waals surface area contributed by atoms with E-state index in [0.717, 1.165) is 26.2 Å². The highest BCUT2D eigenvalue weighted by Gasteiger charge is 2.28. The highest BCUT2D eigenvalue weighted by Crippen LogP contribution is 2.14. The molecule has 2 atom stereocenters. The predicted molar refractivity (Wildman–Crippen MR) is 62.4 cm³/mol. The maximum absolute atomic E-state index is 5.78. The number of hydrogen-bond donors (Lipinski definition) is 2. The van der Waals surface area contributed by atoms with Crippen LogP contribution < -0.4 is 11.3 Å². The lowest BCUT2D eigenvalue weighted by molar-refractivity contribution is -0.0539. The number of ether oxygens (including phenoxy) is 1. The summed E-state index contributed by atoms with van der Waals surface area (Å²) in [5.74, 6) is 6.08. The van der Waals surface area contributed by atoms with Gasteiger partial charge in [0.2, 0.25) is 0 Å². The average molecular weight is 215 g/mol. The Kier molecular flexibility index (Phi) is 5.53. The Labute approximate surface area is 93.1 Å². The molecule has 1 fully saturated rings. The largest absolute Gasteiger partial charge is 0.374 e. The van der Waals surface area contributed by atoms with Gasteiger partial charge in [-0.2, -0.15) is 0 Å². The highest BCUT2D eigenvalue weighted by molar-refractivity contribution is 4.83. The number of hydrazine groups is 1. The van der Waals surface area contributed by atoms with E-state index < -0.39 is 0 Å². The smallest absolute Gasteiger partial charge is 0.0871 e. The Morgan fingerprint density at radius 1 is 1.53 bits per heavy atom. The van der Waals surface area contributed by atoms with Gasteiger partial charge in [-0.15, -0.1) is 0 Å². The Bertz CT molecular complexity index is 173. The van der Waals surface area contributed by atoms with Crippen molar-refractivity contribution in [2.45, 2.75) is 39.3 Å². The van der Waals surface area contributed by atoms with Crippen LogP contribution in [0.3, 0.4) is 0 Å². The second kappa shape index (κ2) is 6.43. The van der Waals surface area contributed by atoms with Crippen molar-refractivity contribution in [2.75, 3.05) is 26.2 Å². The van der Waals surface area contributed by atoms with Crippen LogP contribution in [0.4, 0.5) is 0 Å². The van der Waals surface area contributed by atoms with Crippen molar-refractivity contribution in [1.82, 2.24) is 10.3 Å². The van der Waals surface area contributed by atoms with Crippen LogP contribution in [0.2, 0.25) is 0 Å². The van der Waals surface area contributed by atoms with Gasteiger partial charge in [0.25, 0.3) is 0 Å². The maximum atomic E-state index is 5.78. The van der Waals surface area contributed by atoms with Crippen LogP contribution in [0.25, 0.3) is 0 Å². The third kappa shape index (κ3) is 3.72. The van der Waals surface area contributed by atoms with Gasteiger partial charge in [-0.05, 0) is 18.9 Å². The van der Waals surface area contributed by atoms with E-state index in [2.05, 4.69) is 31.1 Å². The molecule has 0 aromatic rings. The van der Waals surface area contributed by atoms with E-state index in [9.17, 15) is 0 Å². The molecule has 0 saturated carbocycles. The molecule has 1 heterocycles. The third-order valence-electron chi connectivity index (χ3n) is 3.03. The van der Waals surface area contributed by atoms with Crippen LogP contribution in [-0.2, 0) is 4.74 Å². The average Bonchev–Trinajstić information content (AvgIpc) is 2.19. The standard InChI is InChI=1S/C11H25N3O/c1-4-5-14-6-7-15-10(8-14)11(13-12)9(2)3/h9-11,13H,4-8,12H2,1-3H3. The van der Waals surface area contributed by atoms with E-state index in [4.69, 9.17) is 10.6 Å². The summed E-state index contributed by atoms with van der Waals surface area (Å²) in [7, 11) is 0. The van der Waals surface area contributed by atoms with Gasteiger partial charge in [0.15, 0.2) is 0 Å². The van der Waals surface area contributed by atoms with Crippen molar-refractivity contribution in [1.29, 1.82) is 0 Å². The highest BCUT2D eigenvalue weighted by atomic mass is 16.5. The predicted octanol–water partition coefficient (Wildman–Crippen LogP) is 0.585. The first-order chi connectivity index (χ1) is 7.19. The van der Waals surface area contributed by atoms with Crippen LogP contribution in [0.5, 0.6) is 0 Å². The van der Waals surface area contributed by atoms with E-state index in [-0.39, 0.29) is 12.1 Å². The summed E-state index contributed by atoms with van der Waals surface area (Å²) < 4.78 is 5.78. The summed E-state index contributed by atoms with van der Waals surface area (Å²) in [5, 5.41) is 0. The van der Waals surface area contributed by atoms with E-state index in [1.807, 2.05) is 0 Å². The van der Waals surface area contributed by atoms with Gasteiger partial charge in [0.05, 0.1) is 18.8 Å². The van der Waals surface area contributed by atoms with Crippen LogP contribution in [-0.4, -0.2) is 43.3 Å². The van der Waals surface area contributed by atoms with Crippen LogP contribution in [0.15, 0.2) is 0 Å². The summed E-state index contributed by atoms with van der Waals surface area (Å²) in [6, 6.07) is 0.254. The first kappa shape index (κ1) is 12.9. The number of nitrogens with zero attached hydrogens (tertiary/aromatic N) is 1. The Hall–Kier alpha value is -0.160. The van der Waals surface area contributed by atoms with Gasteiger partial charge in [-0.3, -0.25) is 16.2 Å². The summed E-state index contributed by atoms with van der Waals surface area (Å²) in [5.41, 5.74) is 2.88. The molecule has 2 unspecified atom stereocenters. The lowest BCUT2D eigenvalue weighted by atomic mass is 9.98. The molecular weight excluding hydrogens is 190 g/mol. The molecule has 0 aliphatic carbocycles. The quantitative estimate of drug-likeness (QED) is 0.520. The summed E-state index contributed by atoms with van der Waals surface area (Å²) in [6.45, 7) is 10.6. The number of morpholine rings is 1. The van der Waals surface area contributed by atoms with Gasteiger partial charge in [0.1, 0.15) is 0 Å². The molecule has 0 spiro atoms. The third-order valence-corrected chi connectivity index (χ3v) is 3.03. The SMILES string of the molecule is CCCN1CCOC(C(NN)C(C)C)C1. The normalized spacial score (nSPS) is 25.8. The molecule has 0 bridgehead atoms. The molecule has 1 aliphatic rings. The Balaban J connectivity index is 2.46. The van der Waals surface area contributed by atoms with Gasteiger partial charge in [-0.25, -0.2) is 0 Å². The van der Waals surface area contributed by atoms with E-state index in [1.54, 1.807) is 0 Å². The number of nitrogens with one attached hydrogen (secondary N) is 1. The van der Waals surface area contributed by atoms with Crippen LogP contribution >= 0.6 is 0 Å². The Morgan fingerprint density at radius 2 is 2.27 bits per heavy atom. The molecular formula is C11H25N3O. The van der Waals surface area contributed by atoms with Crippen molar-refractivity contribution >= 4 is 0 Å². The molecule has 0 aromatic heterocycles. The molecule has 15 heavy (non-hydrogen) atoms. The molecule has 4 nitrogen and oxygen atoms in total. The van der Waals surface area contributed by atoms with Crippen LogP contribution in [0.1, 0.15) is 27.2 Å². The fraction of sp³-hybridized carbons (Fsp3) is 1.00. The minimum Gasteiger partial charge on any atom is -0.374 e. The van der Waals surface area contributed by atoms with E-state index >= 15 is 0 Å². The van der Waals surface area contributed by atoms with Crippen molar-refractivity contribution in [3.63, 3.8) is 0 Å². The molecule has 1 rings (SSSR count). The second-order valence-electron chi connectivity index (χ2n) is 4.65. The monoisotopic (exact) mass is 215 g/mol. The molecule has 0 amide bonds. The minimum atomic E-state index is 0.232. The zero-order chi connectivity index (χ0) is 11.3. The first-order valence-electron chi connectivity index (χ1n) is 5.99. The molecule has 0 aromatic carbocycles. The van der Waals surface area contributed by atoms with Crippen LogP contribution in [0, 0.1) is 5.92 Å². The summed E-state index contributed by atoms with van der Waals surface area (Å²) >= 11 is 0. The van der Waals surface area contributed by atoms with Crippen molar-refractivity contribution in [2.24, 2.45) is 11.8 Å². The van der Waals surface area contributed by atoms with Crippen molar-refractivity contribution < 1.29 is 4.74 Å². The fourth-order valence-corrected chi connectivity index (χ4v) is 2.20. The number of rotatable bonds is 5. The molecule has 90 valence electrons. The van der Waals surface area contributed by atoms with Gasteiger partial charge in [0, 0.05) is 13.1 Å². The molecule has 1 saturated heterocycles.